The van der Waals surface area contributed by atoms with Gasteiger partial charge in [0.15, 0.2) is 0 Å². The number of benzene rings is 1. The number of piperazine rings is 1. The van der Waals surface area contributed by atoms with Gasteiger partial charge in [0.05, 0.1) is 5.39 Å². The fourth-order valence-electron chi connectivity index (χ4n) is 2.27. The molecule has 104 valence electrons. The molecule has 2 heterocycles. The Morgan fingerprint density at radius 1 is 1.25 bits per heavy atom. The van der Waals surface area contributed by atoms with Gasteiger partial charge in [0.2, 0.25) is 5.91 Å². The first-order valence-electron chi connectivity index (χ1n) is 6.57. The molecule has 1 fully saturated rings. The highest BCUT2D eigenvalue weighted by Crippen LogP contribution is 2.03. The molecular weight excluding hydrogens is 258 g/mol. The van der Waals surface area contributed by atoms with Crippen LogP contribution >= 0.6 is 0 Å². The molecule has 7 heteroatoms. The number of nitrogens with zero attached hydrogens (tertiary/aromatic N) is 4. The number of fused-ring (bicyclic) bond motifs is 1. The maximum Gasteiger partial charge on any atom is 0.278 e. The maximum absolute atomic E-state index is 12.2. The Labute approximate surface area is 115 Å². The molecule has 0 unspecified atom stereocenters. The Balaban J connectivity index is 1.85. The van der Waals surface area contributed by atoms with Crippen molar-refractivity contribution < 1.29 is 4.79 Å². The van der Waals surface area contributed by atoms with Crippen molar-refractivity contribution in [3.05, 3.63) is 34.6 Å². The van der Waals surface area contributed by atoms with Gasteiger partial charge in [-0.05, 0) is 12.1 Å². The highest BCUT2D eigenvalue weighted by Gasteiger charge is 2.18. The summed E-state index contributed by atoms with van der Waals surface area (Å²) in [6.45, 7) is 2.83. The lowest BCUT2D eigenvalue weighted by molar-refractivity contribution is -0.132. The van der Waals surface area contributed by atoms with E-state index in [1.54, 1.807) is 29.2 Å². The lowest BCUT2D eigenvalue weighted by Gasteiger charge is -2.27. The number of rotatable bonds is 2. The zero-order valence-corrected chi connectivity index (χ0v) is 11.0. The van der Waals surface area contributed by atoms with Crippen LogP contribution in [0.4, 0.5) is 0 Å². The van der Waals surface area contributed by atoms with Gasteiger partial charge in [0.25, 0.3) is 5.56 Å². The third kappa shape index (κ3) is 2.39. The lowest BCUT2D eigenvalue weighted by Crippen LogP contribution is -2.48. The van der Waals surface area contributed by atoms with Crippen LogP contribution in [0.2, 0.25) is 0 Å². The predicted octanol–water partition coefficient (Wildman–Crippen LogP) is -0.777. The van der Waals surface area contributed by atoms with E-state index in [1.165, 1.54) is 0 Å². The SMILES string of the molecule is O=C(Cn1nnc2ccccc2c1=O)N1CCNCC1. The number of amides is 1. The zero-order valence-electron chi connectivity index (χ0n) is 11.0. The molecule has 0 bridgehead atoms. The molecule has 0 saturated carbocycles. The summed E-state index contributed by atoms with van der Waals surface area (Å²) in [5, 5.41) is 11.5. The second-order valence-corrected chi connectivity index (χ2v) is 4.70. The monoisotopic (exact) mass is 273 g/mol. The summed E-state index contributed by atoms with van der Waals surface area (Å²) in [5.41, 5.74) is 0.266. The molecule has 2 aromatic rings. The van der Waals surface area contributed by atoms with Gasteiger partial charge in [-0.1, -0.05) is 17.3 Å². The van der Waals surface area contributed by atoms with Crippen molar-refractivity contribution in [2.24, 2.45) is 0 Å². The molecule has 1 aromatic carbocycles. The van der Waals surface area contributed by atoms with Crippen LogP contribution in [0.1, 0.15) is 0 Å². The standard InChI is InChI=1S/C13H15N5O2/c19-12(17-7-5-14-6-8-17)9-18-13(20)10-3-1-2-4-11(10)15-16-18/h1-4,14H,5-9H2. The highest BCUT2D eigenvalue weighted by atomic mass is 16.2. The minimum atomic E-state index is -0.279. The summed E-state index contributed by atoms with van der Waals surface area (Å²) in [4.78, 5) is 26.1. The van der Waals surface area contributed by atoms with Gasteiger partial charge in [-0.2, -0.15) is 0 Å². The van der Waals surface area contributed by atoms with E-state index in [0.717, 1.165) is 17.8 Å². The highest BCUT2D eigenvalue weighted by molar-refractivity contribution is 5.78. The minimum absolute atomic E-state index is 0.0589. The summed E-state index contributed by atoms with van der Waals surface area (Å²) < 4.78 is 1.13. The average Bonchev–Trinajstić information content (AvgIpc) is 2.51. The molecular formula is C13H15N5O2. The van der Waals surface area contributed by atoms with E-state index >= 15 is 0 Å². The van der Waals surface area contributed by atoms with Crippen LogP contribution in [-0.4, -0.2) is 52.0 Å². The third-order valence-corrected chi connectivity index (χ3v) is 3.38. The Kier molecular flexibility index (Phi) is 3.42. The summed E-state index contributed by atoms with van der Waals surface area (Å²) >= 11 is 0. The second-order valence-electron chi connectivity index (χ2n) is 4.70. The minimum Gasteiger partial charge on any atom is -0.339 e. The Hall–Kier alpha value is -2.28. The van der Waals surface area contributed by atoms with Crippen LogP contribution in [0.15, 0.2) is 29.1 Å². The van der Waals surface area contributed by atoms with Gasteiger partial charge < -0.3 is 10.2 Å². The molecule has 1 N–H and O–H groups in total. The number of nitrogens with one attached hydrogen (secondary N) is 1. The van der Waals surface area contributed by atoms with E-state index in [9.17, 15) is 9.59 Å². The number of hydrogen-bond donors (Lipinski definition) is 1. The molecule has 0 aliphatic carbocycles. The molecule has 0 radical (unpaired) electrons. The second kappa shape index (κ2) is 5.38. The van der Waals surface area contributed by atoms with E-state index in [1.807, 2.05) is 0 Å². The Bertz CT molecular complexity index is 690. The molecule has 3 rings (SSSR count). The van der Waals surface area contributed by atoms with Crippen molar-refractivity contribution >= 4 is 16.8 Å². The van der Waals surface area contributed by atoms with E-state index in [2.05, 4.69) is 15.6 Å². The van der Waals surface area contributed by atoms with Gasteiger partial charge in [-0.3, -0.25) is 9.59 Å². The lowest BCUT2D eigenvalue weighted by atomic mass is 10.2. The molecule has 1 amide bonds. The van der Waals surface area contributed by atoms with Crippen LogP contribution in [0.25, 0.3) is 10.9 Å². The largest absolute Gasteiger partial charge is 0.339 e. The number of hydrogen-bond acceptors (Lipinski definition) is 5. The summed E-state index contributed by atoms with van der Waals surface area (Å²) in [6, 6.07) is 6.99. The fraction of sp³-hybridized carbons (Fsp3) is 0.385. The van der Waals surface area contributed by atoms with E-state index in [-0.39, 0.29) is 18.0 Å². The van der Waals surface area contributed by atoms with Crippen LogP contribution < -0.4 is 10.9 Å². The number of carbonyl (C=O) groups is 1. The van der Waals surface area contributed by atoms with E-state index < -0.39 is 0 Å². The van der Waals surface area contributed by atoms with Gasteiger partial charge in [0.1, 0.15) is 12.1 Å². The van der Waals surface area contributed by atoms with Crippen LogP contribution in [-0.2, 0) is 11.3 Å². The van der Waals surface area contributed by atoms with Crippen LogP contribution in [0, 0.1) is 0 Å². The summed E-state index contributed by atoms with van der Waals surface area (Å²) in [6.07, 6.45) is 0. The molecule has 1 aliphatic heterocycles. The quantitative estimate of drug-likeness (QED) is 0.776. The normalized spacial score (nSPS) is 15.5. The molecule has 1 aliphatic rings. The Morgan fingerprint density at radius 3 is 2.80 bits per heavy atom. The maximum atomic E-state index is 12.2. The van der Waals surface area contributed by atoms with Crippen molar-refractivity contribution in [1.82, 2.24) is 25.2 Å². The van der Waals surface area contributed by atoms with Gasteiger partial charge in [0, 0.05) is 26.2 Å². The molecule has 7 nitrogen and oxygen atoms in total. The van der Waals surface area contributed by atoms with Crippen LogP contribution in [0.3, 0.4) is 0 Å². The van der Waals surface area contributed by atoms with Crippen LogP contribution in [0.5, 0.6) is 0 Å². The first kappa shape index (κ1) is 12.7. The van der Waals surface area contributed by atoms with Crippen molar-refractivity contribution in [3.8, 4) is 0 Å². The van der Waals surface area contributed by atoms with Crippen molar-refractivity contribution in [1.29, 1.82) is 0 Å². The number of aromatic nitrogens is 3. The summed E-state index contributed by atoms with van der Waals surface area (Å²) in [7, 11) is 0. The third-order valence-electron chi connectivity index (χ3n) is 3.38. The fourth-order valence-corrected chi connectivity index (χ4v) is 2.27. The van der Waals surface area contributed by atoms with E-state index in [4.69, 9.17) is 0 Å². The van der Waals surface area contributed by atoms with Crippen molar-refractivity contribution in [3.63, 3.8) is 0 Å². The Morgan fingerprint density at radius 2 is 2.00 bits per heavy atom. The molecule has 0 spiro atoms. The first-order chi connectivity index (χ1) is 9.75. The smallest absolute Gasteiger partial charge is 0.278 e. The summed E-state index contributed by atoms with van der Waals surface area (Å²) in [5.74, 6) is -0.0989. The predicted molar refractivity (Wildman–Crippen MR) is 73.2 cm³/mol. The molecule has 1 saturated heterocycles. The first-order valence-corrected chi connectivity index (χ1v) is 6.57. The molecule has 20 heavy (non-hydrogen) atoms. The van der Waals surface area contributed by atoms with E-state index in [0.29, 0.717) is 24.0 Å². The zero-order chi connectivity index (χ0) is 13.9. The van der Waals surface area contributed by atoms with Crippen molar-refractivity contribution in [2.45, 2.75) is 6.54 Å². The average molecular weight is 273 g/mol. The molecule has 1 aromatic heterocycles. The molecule has 0 atom stereocenters. The van der Waals surface area contributed by atoms with Gasteiger partial charge in [-0.25, -0.2) is 4.68 Å². The topological polar surface area (TPSA) is 80.1 Å². The van der Waals surface area contributed by atoms with Gasteiger partial charge >= 0.3 is 0 Å². The number of carbonyl (C=O) groups excluding carboxylic acids is 1. The van der Waals surface area contributed by atoms with Gasteiger partial charge in [-0.15, -0.1) is 5.10 Å². The van der Waals surface area contributed by atoms with Crippen molar-refractivity contribution in [2.75, 3.05) is 26.2 Å².